The number of hydrogen-bond acceptors (Lipinski definition) is 3. The van der Waals surface area contributed by atoms with E-state index in [-0.39, 0.29) is 0 Å². The van der Waals surface area contributed by atoms with E-state index in [1.807, 2.05) is 0 Å². The highest BCUT2D eigenvalue weighted by Gasteiger charge is 2.11. The van der Waals surface area contributed by atoms with Crippen LogP contribution >= 0.6 is 0 Å². The maximum atomic E-state index is 10.1. The largest absolute Gasteiger partial charge is 0.385 e. The summed E-state index contributed by atoms with van der Waals surface area (Å²) in [6.45, 7) is 0.743. The van der Waals surface area contributed by atoms with Crippen molar-refractivity contribution in [3.8, 4) is 11.8 Å². The van der Waals surface area contributed by atoms with Gasteiger partial charge >= 0.3 is 0 Å². The molecule has 0 saturated heterocycles. The molecule has 80 valence electrons. The first kappa shape index (κ1) is 11.7. The molecule has 0 atom stereocenters. The Kier molecular flexibility index (Phi) is 5.47. The van der Waals surface area contributed by atoms with Crippen LogP contribution < -0.4 is 0 Å². The molecule has 0 heterocycles. The highest BCUT2D eigenvalue weighted by molar-refractivity contribution is 5.43. The summed E-state index contributed by atoms with van der Waals surface area (Å²) >= 11 is 0. The van der Waals surface area contributed by atoms with Crippen molar-refractivity contribution < 1.29 is 9.53 Å². The molecule has 0 amide bonds. The second kappa shape index (κ2) is 7.00. The number of hydrogen-bond donors (Lipinski definition) is 0. The van der Waals surface area contributed by atoms with Gasteiger partial charge in [-0.1, -0.05) is 11.8 Å². The van der Waals surface area contributed by atoms with Crippen LogP contribution in [0.4, 0.5) is 0 Å². The van der Waals surface area contributed by atoms with Crippen LogP contribution in [0, 0.1) is 11.8 Å². The topological polar surface area (TPSA) is 38.7 Å². The fourth-order valence-corrected chi connectivity index (χ4v) is 1.52. The van der Waals surface area contributed by atoms with Gasteiger partial charge in [-0.05, 0) is 25.7 Å². The summed E-state index contributed by atoms with van der Waals surface area (Å²) in [5.74, 6) is 6.15. The Labute approximate surface area is 90.2 Å². The maximum absolute atomic E-state index is 10.1. The summed E-state index contributed by atoms with van der Waals surface area (Å²) in [5, 5.41) is 0. The fraction of sp³-hybridized carbons (Fsp3) is 0.583. The lowest BCUT2D eigenvalue weighted by Gasteiger charge is -1.92. The zero-order valence-corrected chi connectivity index (χ0v) is 9.01. The van der Waals surface area contributed by atoms with E-state index in [2.05, 4.69) is 16.8 Å². The van der Waals surface area contributed by atoms with E-state index in [9.17, 15) is 4.79 Å². The van der Waals surface area contributed by atoms with E-state index < -0.39 is 0 Å². The quantitative estimate of drug-likeness (QED) is 0.305. The van der Waals surface area contributed by atoms with Crippen molar-refractivity contribution in [1.82, 2.24) is 0 Å². The number of carbonyl (C=O) groups excluding carboxylic acids is 1. The van der Waals surface area contributed by atoms with Gasteiger partial charge in [0.15, 0.2) is 0 Å². The molecule has 0 bridgehead atoms. The SMILES string of the molecule is COCCCC#CC1=C(N=C=O)CCC1. The number of isocyanates is 1. The minimum absolute atomic E-state index is 0.743. The smallest absolute Gasteiger partial charge is 0.240 e. The molecule has 0 saturated carbocycles. The van der Waals surface area contributed by atoms with E-state index in [0.717, 1.165) is 50.0 Å². The molecule has 0 radical (unpaired) electrons. The highest BCUT2D eigenvalue weighted by atomic mass is 16.5. The van der Waals surface area contributed by atoms with Crippen LogP contribution in [0.1, 0.15) is 32.1 Å². The third kappa shape index (κ3) is 4.12. The van der Waals surface area contributed by atoms with E-state index in [1.165, 1.54) is 0 Å². The molecule has 0 aliphatic heterocycles. The molecule has 15 heavy (non-hydrogen) atoms. The van der Waals surface area contributed by atoms with E-state index in [0.29, 0.717) is 0 Å². The van der Waals surface area contributed by atoms with Gasteiger partial charge in [0, 0.05) is 25.7 Å². The number of methoxy groups -OCH3 is 1. The number of nitrogens with zero attached hydrogens (tertiary/aromatic N) is 1. The summed E-state index contributed by atoms with van der Waals surface area (Å²) < 4.78 is 4.92. The van der Waals surface area contributed by atoms with Crippen LogP contribution in [-0.2, 0) is 9.53 Å². The molecule has 0 fully saturated rings. The molecule has 0 spiro atoms. The lowest BCUT2D eigenvalue weighted by Crippen LogP contribution is -1.86. The Morgan fingerprint density at radius 2 is 2.33 bits per heavy atom. The van der Waals surface area contributed by atoms with E-state index in [1.54, 1.807) is 13.2 Å². The average molecular weight is 205 g/mol. The van der Waals surface area contributed by atoms with Gasteiger partial charge in [0.2, 0.25) is 6.08 Å². The summed E-state index contributed by atoms with van der Waals surface area (Å²) in [5.41, 5.74) is 1.83. The number of unbranched alkanes of at least 4 members (excludes halogenated alkanes) is 1. The van der Waals surface area contributed by atoms with Crippen molar-refractivity contribution in [2.24, 2.45) is 4.99 Å². The third-order valence-corrected chi connectivity index (χ3v) is 2.26. The normalized spacial score (nSPS) is 14.5. The third-order valence-electron chi connectivity index (χ3n) is 2.26. The zero-order chi connectivity index (χ0) is 10.9. The zero-order valence-electron chi connectivity index (χ0n) is 9.01. The molecule has 0 aromatic heterocycles. The molecular formula is C12H15NO2. The first-order chi connectivity index (χ1) is 7.38. The molecule has 0 aromatic rings. The summed E-state index contributed by atoms with van der Waals surface area (Å²) in [6, 6.07) is 0. The highest BCUT2D eigenvalue weighted by Crippen LogP contribution is 2.25. The Morgan fingerprint density at radius 3 is 3.07 bits per heavy atom. The number of ether oxygens (including phenoxy) is 1. The molecule has 0 unspecified atom stereocenters. The van der Waals surface area contributed by atoms with Gasteiger partial charge in [-0.3, -0.25) is 0 Å². The van der Waals surface area contributed by atoms with Crippen molar-refractivity contribution >= 4 is 6.08 Å². The van der Waals surface area contributed by atoms with Crippen molar-refractivity contribution in [1.29, 1.82) is 0 Å². The van der Waals surface area contributed by atoms with Gasteiger partial charge in [-0.15, -0.1) is 0 Å². The van der Waals surface area contributed by atoms with E-state index >= 15 is 0 Å². The van der Waals surface area contributed by atoms with Crippen LogP contribution in [0.5, 0.6) is 0 Å². The molecular weight excluding hydrogens is 190 g/mol. The number of aliphatic imine (C=N–C) groups is 1. The van der Waals surface area contributed by atoms with Gasteiger partial charge < -0.3 is 4.74 Å². The van der Waals surface area contributed by atoms with Crippen LogP contribution in [-0.4, -0.2) is 19.8 Å². The molecule has 1 rings (SSSR count). The van der Waals surface area contributed by atoms with Gasteiger partial charge in [0.05, 0.1) is 5.70 Å². The van der Waals surface area contributed by atoms with Crippen molar-refractivity contribution in [3.05, 3.63) is 11.3 Å². The molecule has 0 N–H and O–H groups in total. The minimum Gasteiger partial charge on any atom is -0.385 e. The standard InChI is InChI=1S/C12H15NO2/c1-15-9-4-2-3-6-11-7-5-8-12(11)13-10-14/h2,4-5,7-9H2,1H3. The Morgan fingerprint density at radius 1 is 1.47 bits per heavy atom. The fourth-order valence-electron chi connectivity index (χ4n) is 1.52. The second-order valence-corrected chi connectivity index (χ2v) is 3.38. The summed E-state index contributed by atoms with van der Waals surface area (Å²) in [7, 11) is 1.68. The molecule has 1 aliphatic carbocycles. The van der Waals surface area contributed by atoms with Crippen molar-refractivity contribution in [2.45, 2.75) is 32.1 Å². The lowest BCUT2D eigenvalue weighted by molar-refractivity contribution is 0.196. The molecule has 0 aromatic carbocycles. The van der Waals surface area contributed by atoms with Gasteiger partial charge in [-0.25, -0.2) is 4.79 Å². The van der Waals surface area contributed by atoms with Gasteiger partial charge in [-0.2, -0.15) is 4.99 Å². The first-order valence-corrected chi connectivity index (χ1v) is 5.16. The average Bonchev–Trinajstić information content (AvgIpc) is 2.66. The summed E-state index contributed by atoms with van der Waals surface area (Å²) in [4.78, 5) is 13.8. The lowest BCUT2D eigenvalue weighted by atomic mass is 10.2. The molecule has 1 aliphatic rings. The van der Waals surface area contributed by atoms with Gasteiger partial charge in [0.25, 0.3) is 0 Å². The van der Waals surface area contributed by atoms with Crippen molar-refractivity contribution in [3.63, 3.8) is 0 Å². The Hall–Kier alpha value is -1.36. The van der Waals surface area contributed by atoms with Crippen LogP contribution in [0.3, 0.4) is 0 Å². The number of allylic oxidation sites excluding steroid dienone is 2. The minimum atomic E-state index is 0.743. The van der Waals surface area contributed by atoms with E-state index in [4.69, 9.17) is 4.74 Å². The monoisotopic (exact) mass is 205 g/mol. The van der Waals surface area contributed by atoms with Crippen molar-refractivity contribution in [2.75, 3.05) is 13.7 Å². The maximum Gasteiger partial charge on any atom is 0.240 e. The molecule has 3 nitrogen and oxygen atoms in total. The van der Waals surface area contributed by atoms with Gasteiger partial charge in [0.1, 0.15) is 0 Å². The van der Waals surface area contributed by atoms with Crippen LogP contribution in [0.2, 0.25) is 0 Å². The molecule has 3 heteroatoms. The second-order valence-electron chi connectivity index (χ2n) is 3.38. The van der Waals surface area contributed by atoms with Crippen LogP contribution in [0.15, 0.2) is 16.3 Å². The Balaban J connectivity index is 2.48. The number of rotatable bonds is 4. The van der Waals surface area contributed by atoms with Crippen LogP contribution in [0.25, 0.3) is 0 Å². The predicted molar refractivity (Wildman–Crippen MR) is 57.9 cm³/mol. The predicted octanol–water partition coefficient (Wildman–Crippen LogP) is 2.19. The Bertz CT molecular complexity index is 340. The summed E-state index contributed by atoms with van der Waals surface area (Å²) in [6.07, 6.45) is 6.20. The first-order valence-electron chi connectivity index (χ1n) is 5.16.